The highest BCUT2D eigenvalue weighted by Crippen LogP contribution is 2.38. The number of morpholine rings is 1. The number of piperidine rings is 1. The Labute approximate surface area is 212 Å². The van der Waals surface area contributed by atoms with E-state index in [0.717, 1.165) is 93.1 Å². The van der Waals surface area contributed by atoms with E-state index in [0.29, 0.717) is 6.54 Å². The lowest BCUT2D eigenvalue weighted by molar-refractivity contribution is -0.123. The van der Waals surface area contributed by atoms with Gasteiger partial charge in [0.25, 0.3) is 0 Å². The van der Waals surface area contributed by atoms with E-state index in [1.165, 1.54) is 11.1 Å². The number of H-pyrrole nitrogens is 1. The van der Waals surface area contributed by atoms with Crippen molar-refractivity contribution in [2.45, 2.75) is 33.1 Å². The smallest absolute Gasteiger partial charge is 0.230 e. The number of benzene rings is 1. The van der Waals surface area contributed by atoms with E-state index in [9.17, 15) is 4.79 Å². The molecular weight excluding hydrogens is 452 g/mol. The fraction of sp³-hybridized carbons (Fsp3) is 0.464. The molecule has 0 aliphatic carbocycles. The van der Waals surface area contributed by atoms with Crippen molar-refractivity contribution in [2.24, 2.45) is 5.92 Å². The predicted octanol–water partition coefficient (Wildman–Crippen LogP) is 3.73. The van der Waals surface area contributed by atoms with Gasteiger partial charge in [-0.3, -0.25) is 4.79 Å². The third-order valence-corrected chi connectivity index (χ3v) is 7.70. The molecule has 0 spiro atoms. The summed E-state index contributed by atoms with van der Waals surface area (Å²) < 4.78 is 5.52. The first-order chi connectivity index (χ1) is 17.6. The number of ether oxygens (including phenoxy) is 1. The molecule has 2 fully saturated rings. The second-order valence-electron chi connectivity index (χ2n) is 10.2. The Morgan fingerprint density at radius 1 is 0.972 bits per heavy atom. The van der Waals surface area contributed by atoms with Crippen molar-refractivity contribution < 1.29 is 9.53 Å². The summed E-state index contributed by atoms with van der Waals surface area (Å²) in [6.45, 7) is 9.69. The van der Waals surface area contributed by atoms with Crippen LogP contribution in [0.2, 0.25) is 0 Å². The molecule has 1 amide bonds. The quantitative estimate of drug-likeness (QED) is 0.608. The Bertz CT molecular complexity index is 1260. The van der Waals surface area contributed by atoms with E-state index in [1.54, 1.807) is 0 Å². The average Bonchev–Trinajstić information content (AvgIpc) is 3.28. The van der Waals surface area contributed by atoms with Crippen molar-refractivity contribution in [3.05, 3.63) is 53.3 Å². The van der Waals surface area contributed by atoms with Crippen LogP contribution in [0.4, 0.5) is 17.5 Å². The monoisotopic (exact) mass is 486 g/mol. The zero-order valence-corrected chi connectivity index (χ0v) is 21.2. The molecule has 188 valence electrons. The molecule has 1 aromatic carbocycles. The third kappa shape index (κ3) is 4.34. The van der Waals surface area contributed by atoms with Crippen LogP contribution in [0.25, 0.3) is 11.3 Å². The molecule has 2 saturated heterocycles. The van der Waals surface area contributed by atoms with E-state index in [4.69, 9.17) is 9.72 Å². The average molecular weight is 487 g/mol. The molecule has 8 heteroatoms. The lowest BCUT2D eigenvalue weighted by Crippen LogP contribution is -2.43. The van der Waals surface area contributed by atoms with Crippen LogP contribution in [-0.4, -0.2) is 66.8 Å². The Balaban J connectivity index is 1.23. The number of imidazole rings is 1. The van der Waals surface area contributed by atoms with Crippen LogP contribution in [0.3, 0.4) is 0 Å². The van der Waals surface area contributed by atoms with Gasteiger partial charge in [-0.15, -0.1) is 0 Å². The van der Waals surface area contributed by atoms with Crippen molar-refractivity contribution in [1.82, 2.24) is 15.0 Å². The maximum atomic E-state index is 13.9. The molecule has 3 aromatic rings. The van der Waals surface area contributed by atoms with Crippen LogP contribution < -0.4 is 14.7 Å². The van der Waals surface area contributed by atoms with E-state index >= 15 is 0 Å². The number of carbonyl (C=O) groups is 1. The van der Waals surface area contributed by atoms with E-state index in [-0.39, 0.29) is 11.8 Å². The van der Waals surface area contributed by atoms with Crippen molar-refractivity contribution in [1.29, 1.82) is 0 Å². The van der Waals surface area contributed by atoms with E-state index < -0.39 is 0 Å². The lowest BCUT2D eigenvalue weighted by Gasteiger charge is -2.35. The number of nitrogens with zero attached hydrogens (tertiary/aromatic N) is 5. The Kier molecular flexibility index (Phi) is 6.13. The van der Waals surface area contributed by atoms with Gasteiger partial charge in [-0.2, -0.15) is 0 Å². The van der Waals surface area contributed by atoms with Gasteiger partial charge in [0.2, 0.25) is 11.9 Å². The number of hydrogen-bond donors (Lipinski definition) is 1. The van der Waals surface area contributed by atoms with Gasteiger partial charge in [0, 0.05) is 62.5 Å². The standard InChI is InChI=1S/C28H34N6O2/c1-19-3-4-24-22(17-19)26-23(30-28(31-26)33-13-15-36-16-14-33)8-12-34(24)27(35)21-6-10-32(11-7-21)25-18-20(2)5-9-29-25/h3-5,9,17-18,21H,6-8,10-16H2,1-2H3,(H,30,31). The summed E-state index contributed by atoms with van der Waals surface area (Å²) in [7, 11) is 0. The second kappa shape index (κ2) is 9.58. The number of fused-ring (bicyclic) bond motifs is 3. The number of pyridine rings is 1. The zero-order chi connectivity index (χ0) is 24.6. The third-order valence-electron chi connectivity index (χ3n) is 7.70. The van der Waals surface area contributed by atoms with Crippen molar-refractivity contribution in [3.63, 3.8) is 0 Å². The molecule has 2 aromatic heterocycles. The minimum Gasteiger partial charge on any atom is -0.378 e. The fourth-order valence-corrected chi connectivity index (χ4v) is 5.64. The molecule has 0 saturated carbocycles. The molecule has 0 bridgehead atoms. The number of anilines is 3. The number of amides is 1. The van der Waals surface area contributed by atoms with Crippen LogP contribution in [0.1, 0.15) is 29.7 Å². The van der Waals surface area contributed by atoms with Gasteiger partial charge >= 0.3 is 0 Å². The summed E-state index contributed by atoms with van der Waals surface area (Å²) >= 11 is 0. The normalized spacial score (nSPS) is 18.6. The summed E-state index contributed by atoms with van der Waals surface area (Å²) in [5.74, 6) is 2.17. The topological polar surface area (TPSA) is 77.6 Å². The Morgan fingerprint density at radius 2 is 1.75 bits per heavy atom. The molecule has 3 aliphatic heterocycles. The highest BCUT2D eigenvalue weighted by Gasteiger charge is 2.33. The first-order valence-corrected chi connectivity index (χ1v) is 13.1. The minimum atomic E-state index is 0.0218. The van der Waals surface area contributed by atoms with Crippen LogP contribution in [0.15, 0.2) is 36.5 Å². The van der Waals surface area contributed by atoms with Gasteiger partial charge < -0.3 is 24.4 Å². The molecule has 6 rings (SSSR count). The molecule has 8 nitrogen and oxygen atoms in total. The maximum Gasteiger partial charge on any atom is 0.230 e. The number of aromatic nitrogens is 3. The SMILES string of the molecule is Cc1ccnc(N2CCC(C(=O)N3CCc4[nH]c(N5CCOCC5)nc4-c4cc(C)ccc43)CC2)c1. The van der Waals surface area contributed by atoms with E-state index in [2.05, 4.69) is 57.9 Å². The summed E-state index contributed by atoms with van der Waals surface area (Å²) in [6.07, 6.45) is 4.32. The first kappa shape index (κ1) is 23.0. The number of aromatic amines is 1. The highest BCUT2D eigenvalue weighted by molar-refractivity contribution is 6.00. The van der Waals surface area contributed by atoms with Crippen LogP contribution in [0, 0.1) is 19.8 Å². The lowest BCUT2D eigenvalue weighted by atomic mass is 9.94. The van der Waals surface area contributed by atoms with Gasteiger partial charge in [0.05, 0.1) is 24.6 Å². The van der Waals surface area contributed by atoms with E-state index in [1.807, 2.05) is 17.2 Å². The van der Waals surface area contributed by atoms with Gasteiger partial charge in [-0.1, -0.05) is 11.6 Å². The van der Waals surface area contributed by atoms with Crippen LogP contribution in [0.5, 0.6) is 0 Å². The second-order valence-corrected chi connectivity index (χ2v) is 10.2. The maximum absolute atomic E-state index is 13.9. The highest BCUT2D eigenvalue weighted by atomic mass is 16.5. The fourth-order valence-electron chi connectivity index (χ4n) is 5.64. The molecule has 5 heterocycles. The number of aryl methyl sites for hydroxylation is 2. The zero-order valence-electron chi connectivity index (χ0n) is 21.2. The molecular formula is C28H34N6O2. The number of nitrogens with one attached hydrogen (secondary N) is 1. The number of hydrogen-bond acceptors (Lipinski definition) is 6. The van der Waals surface area contributed by atoms with Gasteiger partial charge in [-0.05, 0) is 56.5 Å². The first-order valence-electron chi connectivity index (χ1n) is 13.1. The van der Waals surface area contributed by atoms with Crippen LogP contribution >= 0.6 is 0 Å². The van der Waals surface area contributed by atoms with Crippen molar-refractivity contribution >= 4 is 23.4 Å². The summed E-state index contributed by atoms with van der Waals surface area (Å²) in [5.41, 5.74) is 6.50. The molecule has 1 N–H and O–H groups in total. The van der Waals surface area contributed by atoms with Crippen LogP contribution in [-0.2, 0) is 16.0 Å². The number of rotatable bonds is 3. The van der Waals surface area contributed by atoms with Gasteiger partial charge in [0.15, 0.2) is 0 Å². The molecule has 0 radical (unpaired) electrons. The molecule has 3 aliphatic rings. The molecule has 36 heavy (non-hydrogen) atoms. The largest absolute Gasteiger partial charge is 0.378 e. The summed E-state index contributed by atoms with van der Waals surface area (Å²) in [6, 6.07) is 10.5. The summed E-state index contributed by atoms with van der Waals surface area (Å²) in [4.78, 5) is 33.6. The van der Waals surface area contributed by atoms with Gasteiger partial charge in [-0.25, -0.2) is 9.97 Å². The van der Waals surface area contributed by atoms with Crippen molar-refractivity contribution in [3.8, 4) is 11.3 Å². The summed E-state index contributed by atoms with van der Waals surface area (Å²) in [5, 5.41) is 0. The minimum absolute atomic E-state index is 0.0218. The Morgan fingerprint density at radius 3 is 2.53 bits per heavy atom. The predicted molar refractivity (Wildman–Crippen MR) is 142 cm³/mol. The molecule has 0 atom stereocenters. The van der Waals surface area contributed by atoms with Crippen molar-refractivity contribution in [2.75, 3.05) is 60.6 Å². The Hall–Kier alpha value is -3.39. The molecule has 0 unspecified atom stereocenters. The number of carbonyl (C=O) groups excluding carboxylic acids is 1. The van der Waals surface area contributed by atoms with Gasteiger partial charge in [0.1, 0.15) is 5.82 Å².